The number of nitrogens with one attached hydrogen (secondary N) is 1. The number of hydrogen-bond donors (Lipinski definition) is 1. The smallest absolute Gasteiger partial charge is 0.251 e. The molecule has 1 atom stereocenters. The normalized spacial score (nSPS) is 14.1. The number of rotatable bonds is 8. The van der Waals surface area contributed by atoms with E-state index in [-0.39, 0.29) is 18.5 Å². The zero-order chi connectivity index (χ0) is 25.9. The number of fused-ring (bicyclic) bond motifs is 1. The van der Waals surface area contributed by atoms with Gasteiger partial charge >= 0.3 is 0 Å². The predicted octanol–water partition coefficient (Wildman–Crippen LogP) is 6.03. The minimum Gasteiger partial charge on any atom is -0.345 e. The summed E-state index contributed by atoms with van der Waals surface area (Å²) >= 11 is 0. The van der Waals surface area contributed by atoms with Crippen molar-refractivity contribution in [1.82, 2.24) is 5.32 Å². The fourth-order valence-electron chi connectivity index (χ4n) is 5.12. The summed E-state index contributed by atoms with van der Waals surface area (Å²) in [6.07, 6.45) is 6.77. The van der Waals surface area contributed by atoms with Crippen molar-refractivity contribution < 1.29 is 13.2 Å². The highest BCUT2D eigenvalue weighted by Gasteiger charge is 2.22. The van der Waals surface area contributed by atoms with Gasteiger partial charge in [-0.1, -0.05) is 55.5 Å². The number of anilines is 1. The summed E-state index contributed by atoms with van der Waals surface area (Å²) in [7, 11) is -3.49. The molecule has 0 aromatic heterocycles. The van der Waals surface area contributed by atoms with E-state index in [1.807, 2.05) is 44.2 Å². The second kappa shape index (κ2) is 10.9. The highest BCUT2D eigenvalue weighted by Crippen LogP contribution is 2.29. The second-order valence-corrected chi connectivity index (χ2v) is 11.8. The van der Waals surface area contributed by atoms with Crippen LogP contribution in [-0.4, -0.2) is 20.6 Å². The van der Waals surface area contributed by atoms with Crippen LogP contribution in [0.2, 0.25) is 0 Å². The quantitative estimate of drug-likeness (QED) is 0.407. The van der Waals surface area contributed by atoms with Gasteiger partial charge in [-0.2, -0.15) is 0 Å². The average Bonchev–Trinajstić information content (AvgIpc) is 2.86. The molecule has 0 heterocycles. The zero-order valence-corrected chi connectivity index (χ0v) is 22.5. The van der Waals surface area contributed by atoms with Crippen LogP contribution >= 0.6 is 0 Å². The van der Waals surface area contributed by atoms with Gasteiger partial charge < -0.3 is 5.32 Å². The van der Waals surface area contributed by atoms with Crippen molar-refractivity contribution in [3.05, 3.63) is 99.6 Å². The summed E-state index contributed by atoms with van der Waals surface area (Å²) in [6, 6.07) is 19.6. The number of nitrogens with zero attached hydrogens (tertiary/aromatic N) is 1. The Morgan fingerprint density at radius 3 is 2.19 bits per heavy atom. The Bertz CT molecular complexity index is 1330. The topological polar surface area (TPSA) is 66.5 Å². The third kappa shape index (κ3) is 5.81. The summed E-state index contributed by atoms with van der Waals surface area (Å²) < 4.78 is 26.8. The number of para-hydroxylation sites is 1. The first kappa shape index (κ1) is 26.0. The van der Waals surface area contributed by atoms with Crippen LogP contribution in [0.5, 0.6) is 0 Å². The van der Waals surface area contributed by atoms with Crippen molar-refractivity contribution in [2.45, 2.75) is 65.5 Å². The van der Waals surface area contributed by atoms with Gasteiger partial charge in [-0.25, -0.2) is 8.42 Å². The van der Waals surface area contributed by atoms with Gasteiger partial charge in [-0.3, -0.25) is 9.10 Å². The Morgan fingerprint density at radius 2 is 1.58 bits per heavy atom. The number of aryl methyl sites for hydroxylation is 4. The number of amides is 1. The van der Waals surface area contributed by atoms with Crippen molar-refractivity contribution in [2.75, 3.05) is 10.6 Å². The molecule has 1 aliphatic carbocycles. The maximum absolute atomic E-state index is 13.1. The monoisotopic (exact) mass is 504 g/mol. The lowest BCUT2D eigenvalue weighted by Crippen LogP contribution is -2.31. The number of benzene rings is 3. The van der Waals surface area contributed by atoms with Gasteiger partial charge in [-0.05, 0) is 91.5 Å². The first-order chi connectivity index (χ1) is 17.2. The fraction of sp³-hybridized carbons (Fsp3) is 0.367. The molecule has 1 N–H and O–H groups in total. The fourth-order valence-corrected chi connectivity index (χ4v) is 6.12. The molecule has 0 spiro atoms. The lowest BCUT2D eigenvalue weighted by Gasteiger charge is -2.26. The summed E-state index contributed by atoms with van der Waals surface area (Å²) in [5.41, 5.74) is 7.90. The van der Waals surface area contributed by atoms with Gasteiger partial charge in [0, 0.05) is 5.56 Å². The van der Waals surface area contributed by atoms with Gasteiger partial charge in [0.05, 0.1) is 24.5 Å². The molecule has 0 saturated carbocycles. The van der Waals surface area contributed by atoms with Crippen LogP contribution in [0.15, 0.2) is 60.7 Å². The van der Waals surface area contributed by atoms with Gasteiger partial charge in [0.1, 0.15) is 0 Å². The van der Waals surface area contributed by atoms with E-state index in [0.29, 0.717) is 11.3 Å². The van der Waals surface area contributed by atoms with Crippen LogP contribution in [0.25, 0.3) is 0 Å². The van der Waals surface area contributed by atoms with Gasteiger partial charge in [-0.15, -0.1) is 0 Å². The molecule has 0 aliphatic heterocycles. The van der Waals surface area contributed by atoms with Crippen molar-refractivity contribution >= 4 is 21.6 Å². The Kier molecular flexibility index (Phi) is 7.84. The summed E-state index contributed by atoms with van der Waals surface area (Å²) in [5.74, 6) is -0.124. The molecule has 4 rings (SSSR count). The molecule has 190 valence electrons. The van der Waals surface area contributed by atoms with Gasteiger partial charge in [0.15, 0.2) is 0 Å². The van der Waals surface area contributed by atoms with E-state index in [1.54, 1.807) is 12.1 Å². The molecule has 1 aliphatic rings. The zero-order valence-electron chi connectivity index (χ0n) is 21.7. The minimum atomic E-state index is -3.49. The molecular weight excluding hydrogens is 468 g/mol. The largest absolute Gasteiger partial charge is 0.345 e. The summed E-state index contributed by atoms with van der Waals surface area (Å²) in [5, 5.41) is 3.19. The first-order valence-corrected chi connectivity index (χ1v) is 14.6. The highest BCUT2D eigenvalue weighted by atomic mass is 32.2. The third-order valence-corrected chi connectivity index (χ3v) is 8.23. The molecule has 0 radical (unpaired) electrons. The molecule has 36 heavy (non-hydrogen) atoms. The van der Waals surface area contributed by atoms with Crippen molar-refractivity contribution in [1.29, 1.82) is 0 Å². The minimum absolute atomic E-state index is 0.0471. The van der Waals surface area contributed by atoms with E-state index in [0.717, 1.165) is 41.5 Å². The highest BCUT2D eigenvalue weighted by molar-refractivity contribution is 7.92. The Labute approximate surface area is 215 Å². The molecule has 1 amide bonds. The Balaban J connectivity index is 1.49. The number of sulfonamides is 1. The van der Waals surface area contributed by atoms with Crippen molar-refractivity contribution in [3.63, 3.8) is 0 Å². The van der Waals surface area contributed by atoms with E-state index >= 15 is 0 Å². The molecule has 3 aromatic carbocycles. The van der Waals surface area contributed by atoms with Gasteiger partial charge in [0.2, 0.25) is 10.0 Å². The number of carbonyl (C=O) groups excluding carboxylic acids is 1. The van der Waals surface area contributed by atoms with E-state index in [4.69, 9.17) is 0 Å². The van der Waals surface area contributed by atoms with Crippen LogP contribution in [0.1, 0.15) is 76.0 Å². The molecule has 0 bridgehead atoms. The van der Waals surface area contributed by atoms with E-state index < -0.39 is 10.0 Å². The Hall–Kier alpha value is -3.12. The molecule has 0 saturated heterocycles. The predicted molar refractivity (Wildman–Crippen MR) is 147 cm³/mol. The number of hydrogen-bond acceptors (Lipinski definition) is 3. The third-order valence-electron chi connectivity index (χ3n) is 7.12. The van der Waals surface area contributed by atoms with Crippen LogP contribution in [-0.2, 0) is 29.4 Å². The molecular formula is C30H36N2O3S. The molecule has 0 fully saturated rings. The second-order valence-electron chi connectivity index (χ2n) is 9.88. The SMILES string of the molecule is CC[C@@H](NC(=O)c1ccc(CN(c2c(C)cccc2C)S(C)(=O)=O)cc1)c1ccc2c(c1)CCCC2. The van der Waals surface area contributed by atoms with Crippen LogP contribution in [0, 0.1) is 13.8 Å². The van der Waals surface area contributed by atoms with E-state index in [1.165, 1.54) is 34.5 Å². The van der Waals surface area contributed by atoms with Crippen molar-refractivity contribution in [2.24, 2.45) is 0 Å². The Morgan fingerprint density at radius 1 is 0.944 bits per heavy atom. The molecule has 0 unspecified atom stereocenters. The molecule has 3 aromatic rings. The lowest BCUT2D eigenvalue weighted by atomic mass is 9.88. The molecule has 6 heteroatoms. The van der Waals surface area contributed by atoms with Crippen LogP contribution in [0.3, 0.4) is 0 Å². The maximum atomic E-state index is 13.1. The van der Waals surface area contributed by atoms with E-state index in [9.17, 15) is 13.2 Å². The average molecular weight is 505 g/mol. The summed E-state index contributed by atoms with van der Waals surface area (Å²) in [4.78, 5) is 13.1. The maximum Gasteiger partial charge on any atom is 0.251 e. The van der Waals surface area contributed by atoms with Crippen LogP contribution < -0.4 is 9.62 Å². The van der Waals surface area contributed by atoms with Crippen molar-refractivity contribution in [3.8, 4) is 0 Å². The lowest BCUT2D eigenvalue weighted by molar-refractivity contribution is 0.0935. The molecule has 5 nitrogen and oxygen atoms in total. The standard InChI is InChI=1S/C30H36N2O3S/c1-5-28(27-18-17-24-11-6-7-12-26(24)19-27)31-30(33)25-15-13-23(14-16-25)20-32(36(4,34)35)29-21(2)9-8-10-22(29)3/h8-10,13-19,28H,5-7,11-12,20H2,1-4H3,(H,31,33)/t28-/m1/s1. The summed E-state index contributed by atoms with van der Waals surface area (Å²) in [6.45, 7) is 6.13. The number of carbonyl (C=O) groups is 1. The van der Waals surface area contributed by atoms with Crippen LogP contribution in [0.4, 0.5) is 5.69 Å². The van der Waals surface area contributed by atoms with E-state index in [2.05, 4.69) is 30.4 Å². The van der Waals surface area contributed by atoms with Gasteiger partial charge in [0.25, 0.3) is 5.91 Å². The first-order valence-electron chi connectivity index (χ1n) is 12.7.